The van der Waals surface area contributed by atoms with Crippen molar-refractivity contribution >= 4 is 5.91 Å². The summed E-state index contributed by atoms with van der Waals surface area (Å²) in [6, 6.07) is 9.67. The Hall–Kier alpha value is -2.14. The second-order valence-electron chi connectivity index (χ2n) is 5.08. The first-order valence-electron chi connectivity index (χ1n) is 6.70. The Bertz CT molecular complexity index is 573. The van der Waals surface area contributed by atoms with Crippen LogP contribution in [-0.4, -0.2) is 27.8 Å². The van der Waals surface area contributed by atoms with Gasteiger partial charge in [-0.3, -0.25) is 4.79 Å². The van der Waals surface area contributed by atoms with Crippen molar-refractivity contribution in [1.29, 1.82) is 0 Å². The van der Waals surface area contributed by atoms with Crippen LogP contribution in [0.1, 0.15) is 30.6 Å². The lowest BCUT2D eigenvalue weighted by atomic mass is 9.99. The summed E-state index contributed by atoms with van der Waals surface area (Å²) in [5, 5.41) is 7.17. The van der Waals surface area contributed by atoms with Crippen molar-refractivity contribution in [2.24, 2.45) is 5.73 Å². The predicted molar refractivity (Wildman–Crippen MR) is 78.8 cm³/mol. The fourth-order valence-electron chi connectivity index (χ4n) is 1.79. The highest BCUT2D eigenvalue weighted by molar-refractivity contribution is 5.94. The Morgan fingerprint density at radius 3 is 2.70 bits per heavy atom. The molecule has 1 heterocycles. The summed E-state index contributed by atoms with van der Waals surface area (Å²) in [4.78, 5) is 12.2. The van der Waals surface area contributed by atoms with Crippen LogP contribution < -0.4 is 11.1 Å². The molecule has 1 aromatic carbocycles. The third kappa shape index (κ3) is 3.05. The summed E-state index contributed by atoms with van der Waals surface area (Å²) in [7, 11) is 0. The number of rotatable bonds is 5. The maximum absolute atomic E-state index is 12.2. The number of hydrogen-bond donors (Lipinski definition) is 2. The summed E-state index contributed by atoms with van der Waals surface area (Å²) in [5.41, 5.74) is 6.77. The molecule has 0 bridgehead atoms. The normalized spacial score (nSPS) is 13.8. The number of carbonyl (C=O) groups is 1. The van der Waals surface area contributed by atoms with Gasteiger partial charge in [0.1, 0.15) is 0 Å². The van der Waals surface area contributed by atoms with Gasteiger partial charge in [-0.25, -0.2) is 4.68 Å². The highest BCUT2D eigenvalue weighted by atomic mass is 16.1. The van der Waals surface area contributed by atoms with Crippen molar-refractivity contribution in [1.82, 2.24) is 15.1 Å². The highest BCUT2D eigenvalue weighted by Gasteiger charge is 2.23. The lowest BCUT2D eigenvalue weighted by molar-refractivity contribution is 0.0906. The Morgan fingerprint density at radius 2 is 2.10 bits per heavy atom. The molecule has 0 aliphatic carbocycles. The van der Waals surface area contributed by atoms with Gasteiger partial charge in [-0.2, -0.15) is 5.10 Å². The summed E-state index contributed by atoms with van der Waals surface area (Å²) in [6.45, 7) is 4.34. The smallest absolute Gasteiger partial charge is 0.254 e. The Kier molecular flexibility index (Phi) is 4.20. The van der Waals surface area contributed by atoms with E-state index >= 15 is 0 Å². The average Bonchev–Trinajstić information content (AvgIpc) is 2.98. The van der Waals surface area contributed by atoms with Gasteiger partial charge in [0, 0.05) is 18.3 Å². The molecule has 2 rings (SSSR count). The quantitative estimate of drug-likeness (QED) is 0.870. The standard InChI is InChI=1S/C15H20N4O/c1-3-15(2,11-16)18-14(20)12-9-17-19(10-12)13-7-5-4-6-8-13/h4-10H,3,11,16H2,1-2H3,(H,18,20). The number of aromatic nitrogens is 2. The minimum Gasteiger partial charge on any atom is -0.346 e. The van der Waals surface area contributed by atoms with E-state index in [1.54, 1.807) is 17.1 Å². The summed E-state index contributed by atoms with van der Waals surface area (Å²) >= 11 is 0. The van der Waals surface area contributed by atoms with Crippen LogP contribution in [0.25, 0.3) is 5.69 Å². The van der Waals surface area contributed by atoms with Crippen molar-refractivity contribution < 1.29 is 4.79 Å². The van der Waals surface area contributed by atoms with Gasteiger partial charge in [-0.05, 0) is 25.5 Å². The van der Waals surface area contributed by atoms with E-state index in [0.29, 0.717) is 12.1 Å². The molecule has 5 nitrogen and oxygen atoms in total. The molecule has 5 heteroatoms. The summed E-state index contributed by atoms with van der Waals surface area (Å²) in [6.07, 6.45) is 4.06. The van der Waals surface area contributed by atoms with Crippen LogP contribution in [0, 0.1) is 0 Å². The topological polar surface area (TPSA) is 72.9 Å². The van der Waals surface area contributed by atoms with Crippen molar-refractivity contribution in [2.45, 2.75) is 25.8 Å². The Labute approximate surface area is 118 Å². The summed E-state index contributed by atoms with van der Waals surface area (Å²) < 4.78 is 1.68. The highest BCUT2D eigenvalue weighted by Crippen LogP contribution is 2.11. The van der Waals surface area contributed by atoms with Crippen molar-refractivity contribution in [2.75, 3.05) is 6.54 Å². The van der Waals surface area contributed by atoms with Gasteiger partial charge in [0.05, 0.1) is 17.4 Å². The van der Waals surface area contributed by atoms with E-state index in [4.69, 9.17) is 5.73 Å². The first-order valence-corrected chi connectivity index (χ1v) is 6.70. The molecule has 0 saturated carbocycles. The molecular formula is C15H20N4O. The SMILES string of the molecule is CCC(C)(CN)NC(=O)c1cnn(-c2ccccc2)c1. The lowest BCUT2D eigenvalue weighted by Crippen LogP contribution is -2.50. The fraction of sp³-hybridized carbons (Fsp3) is 0.333. The zero-order valence-electron chi connectivity index (χ0n) is 11.8. The first-order chi connectivity index (χ1) is 9.58. The molecule has 3 N–H and O–H groups in total. The number of nitrogens with two attached hydrogens (primary N) is 1. The van der Waals surface area contributed by atoms with Crippen LogP contribution in [0.5, 0.6) is 0 Å². The maximum atomic E-state index is 12.2. The van der Waals surface area contributed by atoms with Crippen molar-refractivity contribution in [3.63, 3.8) is 0 Å². The zero-order valence-corrected chi connectivity index (χ0v) is 11.8. The van der Waals surface area contributed by atoms with Crippen LogP contribution >= 0.6 is 0 Å². The molecular weight excluding hydrogens is 252 g/mol. The molecule has 0 radical (unpaired) electrons. The Morgan fingerprint density at radius 1 is 1.40 bits per heavy atom. The number of nitrogens with zero attached hydrogens (tertiary/aromatic N) is 2. The third-order valence-corrected chi connectivity index (χ3v) is 3.51. The van der Waals surface area contributed by atoms with Crippen LogP contribution in [0.2, 0.25) is 0 Å². The molecule has 0 saturated heterocycles. The van der Waals surface area contributed by atoms with E-state index in [1.165, 1.54) is 0 Å². The van der Waals surface area contributed by atoms with Gasteiger partial charge in [0.25, 0.3) is 5.91 Å². The first kappa shape index (κ1) is 14.3. The van der Waals surface area contributed by atoms with Gasteiger partial charge < -0.3 is 11.1 Å². The van der Waals surface area contributed by atoms with Gasteiger partial charge in [0.2, 0.25) is 0 Å². The molecule has 20 heavy (non-hydrogen) atoms. The van der Waals surface area contributed by atoms with Crippen molar-refractivity contribution in [3.8, 4) is 5.69 Å². The van der Waals surface area contributed by atoms with Gasteiger partial charge >= 0.3 is 0 Å². The zero-order chi connectivity index (χ0) is 14.6. The van der Waals surface area contributed by atoms with E-state index in [9.17, 15) is 4.79 Å². The number of para-hydroxylation sites is 1. The molecule has 1 aromatic heterocycles. The number of nitrogens with one attached hydrogen (secondary N) is 1. The van der Waals surface area contributed by atoms with Crippen molar-refractivity contribution in [3.05, 3.63) is 48.3 Å². The molecule has 106 valence electrons. The minimum atomic E-state index is -0.383. The number of benzene rings is 1. The minimum absolute atomic E-state index is 0.151. The number of amides is 1. The molecule has 1 unspecified atom stereocenters. The van der Waals surface area contributed by atoms with Gasteiger partial charge in [-0.1, -0.05) is 25.1 Å². The summed E-state index contributed by atoms with van der Waals surface area (Å²) in [5.74, 6) is -0.151. The second-order valence-corrected chi connectivity index (χ2v) is 5.08. The molecule has 1 amide bonds. The Balaban J connectivity index is 2.15. The second kappa shape index (κ2) is 5.88. The molecule has 0 aliphatic rings. The van der Waals surface area contributed by atoms with Crippen LogP contribution in [0.15, 0.2) is 42.7 Å². The predicted octanol–water partition coefficient (Wildman–Crippen LogP) is 1.73. The van der Waals surface area contributed by atoms with Gasteiger partial charge in [0.15, 0.2) is 0 Å². The molecule has 0 fully saturated rings. The number of hydrogen-bond acceptors (Lipinski definition) is 3. The lowest BCUT2D eigenvalue weighted by Gasteiger charge is -2.27. The largest absolute Gasteiger partial charge is 0.346 e. The van der Waals surface area contributed by atoms with E-state index in [2.05, 4.69) is 10.4 Å². The molecule has 0 spiro atoms. The van der Waals surface area contributed by atoms with E-state index in [-0.39, 0.29) is 11.4 Å². The van der Waals surface area contributed by atoms with E-state index in [0.717, 1.165) is 12.1 Å². The maximum Gasteiger partial charge on any atom is 0.254 e. The monoisotopic (exact) mass is 272 g/mol. The third-order valence-electron chi connectivity index (χ3n) is 3.51. The fourth-order valence-corrected chi connectivity index (χ4v) is 1.79. The molecule has 0 aliphatic heterocycles. The van der Waals surface area contributed by atoms with Crippen LogP contribution in [0.3, 0.4) is 0 Å². The van der Waals surface area contributed by atoms with Crippen LogP contribution in [-0.2, 0) is 0 Å². The van der Waals surface area contributed by atoms with E-state index < -0.39 is 0 Å². The average molecular weight is 272 g/mol. The molecule has 1 atom stereocenters. The van der Waals surface area contributed by atoms with E-state index in [1.807, 2.05) is 44.2 Å². The van der Waals surface area contributed by atoms with Crippen LogP contribution in [0.4, 0.5) is 0 Å². The molecule has 2 aromatic rings. The van der Waals surface area contributed by atoms with Gasteiger partial charge in [-0.15, -0.1) is 0 Å². The number of carbonyl (C=O) groups excluding carboxylic acids is 1.